The van der Waals surface area contributed by atoms with Crippen LogP contribution in [0.25, 0.3) is 0 Å². The molecule has 4 rings (SSSR count). The number of aromatic nitrogens is 1. The van der Waals surface area contributed by atoms with E-state index in [0.717, 1.165) is 18.7 Å². The standard InChI is InChI=1S/C25H27FN4O3/c26-21-9-8-20(17-22(21)28-24(31)10-12-29-13-15-33-16-14-29)27-25(32)23-7-4-11-30(23)18-19-5-2-1-3-6-19/h1-9,11,17H,10,12-16,18H2,(H,27,32)(H,28,31). The van der Waals surface area contributed by atoms with Gasteiger partial charge in [0.25, 0.3) is 5.91 Å². The van der Waals surface area contributed by atoms with E-state index in [-0.39, 0.29) is 23.9 Å². The van der Waals surface area contributed by atoms with Crippen molar-refractivity contribution in [1.29, 1.82) is 0 Å². The van der Waals surface area contributed by atoms with E-state index in [0.29, 0.717) is 37.7 Å². The number of carbonyl (C=O) groups excluding carboxylic acids is 2. The molecule has 3 aromatic rings. The number of nitrogens with one attached hydrogen (secondary N) is 2. The predicted octanol–water partition coefficient (Wildman–Crippen LogP) is 3.59. The molecule has 7 nitrogen and oxygen atoms in total. The number of morpholine rings is 1. The average Bonchev–Trinajstić information content (AvgIpc) is 3.29. The summed E-state index contributed by atoms with van der Waals surface area (Å²) in [6, 6.07) is 17.5. The smallest absolute Gasteiger partial charge is 0.272 e. The van der Waals surface area contributed by atoms with Gasteiger partial charge in [-0.15, -0.1) is 0 Å². The molecule has 0 bridgehead atoms. The lowest BCUT2D eigenvalue weighted by Gasteiger charge is -2.26. The summed E-state index contributed by atoms with van der Waals surface area (Å²) in [6.45, 7) is 4.04. The third-order valence-electron chi connectivity index (χ3n) is 5.52. The first-order chi connectivity index (χ1) is 16.1. The molecule has 1 saturated heterocycles. The molecule has 0 radical (unpaired) electrons. The Kier molecular flexibility index (Phi) is 7.49. The quantitative estimate of drug-likeness (QED) is 0.550. The SMILES string of the molecule is O=C(CCN1CCOCC1)Nc1cc(NC(=O)c2cccn2Cc2ccccc2)ccc1F. The molecule has 1 aliphatic heterocycles. The maximum absolute atomic E-state index is 14.3. The van der Waals surface area contributed by atoms with E-state index in [2.05, 4.69) is 15.5 Å². The van der Waals surface area contributed by atoms with Crippen molar-refractivity contribution < 1.29 is 18.7 Å². The zero-order chi connectivity index (χ0) is 23.0. The van der Waals surface area contributed by atoms with Gasteiger partial charge in [0, 0.05) is 44.5 Å². The predicted molar refractivity (Wildman–Crippen MR) is 125 cm³/mol. The second-order valence-corrected chi connectivity index (χ2v) is 7.91. The molecule has 1 aliphatic rings. The van der Waals surface area contributed by atoms with Gasteiger partial charge in [-0.1, -0.05) is 30.3 Å². The highest BCUT2D eigenvalue weighted by Crippen LogP contribution is 2.21. The summed E-state index contributed by atoms with van der Waals surface area (Å²) in [5, 5.41) is 5.41. The summed E-state index contributed by atoms with van der Waals surface area (Å²) in [5.74, 6) is -1.15. The molecule has 0 aliphatic carbocycles. The average molecular weight is 451 g/mol. The van der Waals surface area contributed by atoms with E-state index in [1.165, 1.54) is 18.2 Å². The Morgan fingerprint density at radius 2 is 1.76 bits per heavy atom. The number of anilines is 2. The number of carbonyl (C=O) groups is 2. The number of amides is 2. The number of ether oxygens (including phenoxy) is 1. The summed E-state index contributed by atoms with van der Waals surface area (Å²) in [7, 11) is 0. The first kappa shape index (κ1) is 22.7. The van der Waals surface area contributed by atoms with Crippen LogP contribution in [-0.4, -0.2) is 54.1 Å². The number of nitrogens with zero attached hydrogens (tertiary/aromatic N) is 2. The molecule has 1 aromatic heterocycles. The van der Waals surface area contributed by atoms with E-state index in [1.807, 2.05) is 47.2 Å². The molecule has 2 amide bonds. The van der Waals surface area contributed by atoms with Gasteiger partial charge in [-0.3, -0.25) is 14.5 Å². The van der Waals surface area contributed by atoms with Crippen LogP contribution in [0.4, 0.5) is 15.8 Å². The molecule has 2 aromatic carbocycles. The van der Waals surface area contributed by atoms with Crippen LogP contribution in [0.5, 0.6) is 0 Å². The Labute approximate surface area is 192 Å². The van der Waals surface area contributed by atoms with Crippen LogP contribution in [-0.2, 0) is 16.1 Å². The van der Waals surface area contributed by atoms with Gasteiger partial charge in [0.2, 0.25) is 5.91 Å². The molecular formula is C25H27FN4O3. The van der Waals surface area contributed by atoms with Crippen molar-refractivity contribution in [2.24, 2.45) is 0 Å². The third kappa shape index (κ3) is 6.27. The van der Waals surface area contributed by atoms with Crippen LogP contribution in [0, 0.1) is 5.82 Å². The zero-order valence-corrected chi connectivity index (χ0v) is 18.3. The van der Waals surface area contributed by atoms with Gasteiger partial charge < -0.3 is 19.9 Å². The summed E-state index contributed by atoms with van der Waals surface area (Å²) in [6.07, 6.45) is 2.09. The Hall–Kier alpha value is -3.49. The van der Waals surface area contributed by atoms with Crippen molar-refractivity contribution in [2.45, 2.75) is 13.0 Å². The van der Waals surface area contributed by atoms with Crippen LogP contribution in [0.1, 0.15) is 22.5 Å². The fourth-order valence-corrected chi connectivity index (χ4v) is 3.73. The molecule has 172 valence electrons. The Bertz CT molecular complexity index is 1090. The van der Waals surface area contributed by atoms with Gasteiger partial charge in [-0.2, -0.15) is 0 Å². The minimum absolute atomic E-state index is 0.0412. The molecule has 0 saturated carbocycles. The minimum atomic E-state index is -0.555. The Balaban J connectivity index is 1.37. The van der Waals surface area contributed by atoms with Gasteiger partial charge in [0.15, 0.2) is 0 Å². The van der Waals surface area contributed by atoms with Crippen LogP contribution >= 0.6 is 0 Å². The highest BCUT2D eigenvalue weighted by atomic mass is 19.1. The number of halogens is 1. The van der Waals surface area contributed by atoms with Gasteiger partial charge >= 0.3 is 0 Å². The van der Waals surface area contributed by atoms with Crippen LogP contribution in [0.3, 0.4) is 0 Å². The zero-order valence-electron chi connectivity index (χ0n) is 18.3. The van der Waals surface area contributed by atoms with Crippen LogP contribution < -0.4 is 10.6 Å². The molecule has 0 spiro atoms. The van der Waals surface area contributed by atoms with E-state index < -0.39 is 5.82 Å². The lowest BCUT2D eigenvalue weighted by molar-refractivity contribution is -0.116. The Morgan fingerprint density at radius 3 is 2.55 bits per heavy atom. The lowest BCUT2D eigenvalue weighted by atomic mass is 10.2. The molecule has 33 heavy (non-hydrogen) atoms. The highest BCUT2D eigenvalue weighted by molar-refractivity contribution is 6.03. The van der Waals surface area contributed by atoms with Crippen molar-refractivity contribution in [3.05, 3.63) is 83.9 Å². The van der Waals surface area contributed by atoms with Gasteiger partial charge in [0.1, 0.15) is 11.5 Å². The summed E-state index contributed by atoms with van der Waals surface area (Å²) < 4.78 is 21.4. The summed E-state index contributed by atoms with van der Waals surface area (Å²) in [5.41, 5.74) is 2.00. The largest absolute Gasteiger partial charge is 0.379 e. The van der Waals surface area contributed by atoms with Crippen molar-refractivity contribution in [1.82, 2.24) is 9.47 Å². The lowest BCUT2D eigenvalue weighted by Crippen LogP contribution is -2.38. The fraction of sp³-hybridized carbons (Fsp3) is 0.280. The van der Waals surface area contributed by atoms with Crippen LogP contribution in [0.2, 0.25) is 0 Å². The number of hydrogen-bond acceptors (Lipinski definition) is 4. The maximum atomic E-state index is 14.3. The normalized spacial score (nSPS) is 14.1. The fourth-order valence-electron chi connectivity index (χ4n) is 3.73. The highest BCUT2D eigenvalue weighted by Gasteiger charge is 2.15. The molecule has 0 unspecified atom stereocenters. The third-order valence-corrected chi connectivity index (χ3v) is 5.52. The summed E-state index contributed by atoms with van der Waals surface area (Å²) >= 11 is 0. The van der Waals surface area contributed by atoms with Crippen molar-refractivity contribution in [3.8, 4) is 0 Å². The van der Waals surface area contributed by atoms with E-state index >= 15 is 0 Å². The number of hydrogen-bond donors (Lipinski definition) is 2. The monoisotopic (exact) mass is 450 g/mol. The summed E-state index contributed by atoms with van der Waals surface area (Å²) in [4.78, 5) is 27.3. The second-order valence-electron chi connectivity index (χ2n) is 7.91. The molecule has 0 atom stereocenters. The topological polar surface area (TPSA) is 75.6 Å². The van der Waals surface area contributed by atoms with Gasteiger partial charge in [-0.05, 0) is 35.9 Å². The van der Waals surface area contributed by atoms with Gasteiger partial charge in [-0.25, -0.2) is 4.39 Å². The molecule has 8 heteroatoms. The second kappa shape index (κ2) is 10.9. The van der Waals surface area contributed by atoms with Crippen LogP contribution in [0.15, 0.2) is 66.9 Å². The van der Waals surface area contributed by atoms with E-state index in [4.69, 9.17) is 4.74 Å². The molecule has 2 heterocycles. The Morgan fingerprint density at radius 1 is 0.970 bits per heavy atom. The number of rotatable bonds is 8. The first-order valence-corrected chi connectivity index (χ1v) is 11.0. The van der Waals surface area contributed by atoms with E-state index in [1.54, 1.807) is 6.07 Å². The molecular weight excluding hydrogens is 423 g/mol. The van der Waals surface area contributed by atoms with Gasteiger partial charge in [0.05, 0.1) is 18.9 Å². The van der Waals surface area contributed by atoms with Crippen molar-refractivity contribution >= 4 is 23.2 Å². The minimum Gasteiger partial charge on any atom is -0.379 e. The number of benzene rings is 2. The van der Waals surface area contributed by atoms with Crippen molar-refractivity contribution in [3.63, 3.8) is 0 Å². The molecule has 2 N–H and O–H groups in total. The van der Waals surface area contributed by atoms with E-state index in [9.17, 15) is 14.0 Å². The molecule has 1 fully saturated rings. The first-order valence-electron chi connectivity index (χ1n) is 11.0. The maximum Gasteiger partial charge on any atom is 0.272 e. The van der Waals surface area contributed by atoms with Crippen molar-refractivity contribution in [2.75, 3.05) is 43.5 Å².